The molecule has 0 atom stereocenters. The molecular weight excluding hydrogens is 373 g/mol. The van der Waals surface area contributed by atoms with Gasteiger partial charge in [-0.25, -0.2) is 4.39 Å². The second-order valence-electron chi connectivity index (χ2n) is 7.06. The van der Waals surface area contributed by atoms with Crippen molar-refractivity contribution < 1.29 is 18.6 Å². The van der Waals surface area contributed by atoms with Gasteiger partial charge in [0.05, 0.1) is 33.2 Å². The minimum Gasteiger partial charge on any atom is -0.494 e. The summed E-state index contributed by atoms with van der Waals surface area (Å²) in [6, 6.07) is 9.05. The molecule has 0 spiro atoms. The van der Waals surface area contributed by atoms with Crippen LogP contribution >= 0.6 is 0 Å². The van der Waals surface area contributed by atoms with Crippen LogP contribution in [0.25, 0.3) is 11.3 Å². The number of aromatic nitrogens is 2. The Kier molecular flexibility index (Phi) is 5.40. The molecule has 0 amide bonds. The number of hydrogen-bond donors (Lipinski definition) is 1. The van der Waals surface area contributed by atoms with Gasteiger partial charge >= 0.3 is 0 Å². The SMILES string of the molecule is COc1ccc(-c2[nH]ncc2CN2CCc3cc(OC)c(OC)cc3C2)cc1F. The van der Waals surface area contributed by atoms with Crippen LogP contribution in [-0.2, 0) is 19.5 Å². The van der Waals surface area contributed by atoms with Gasteiger partial charge < -0.3 is 14.2 Å². The minimum absolute atomic E-state index is 0.229. The fraction of sp³-hybridized carbons (Fsp3) is 0.318. The second-order valence-corrected chi connectivity index (χ2v) is 7.06. The highest BCUT2D eigenvalue weighted by atomic mass is 19.1. The molecule has 2 aromatic carbocycles. The van der Waals surface area contributed by atoms with Crippen molar-refractivity contribution in [3.8, 4) is 28.5 Å². The number of methoxy groups -OCH3 is 3. The van der Waals surface area contributed by atoms with E-state index in [9.17, 15) is 4.39 Å². The summed E-state index contributed by atoms with van der Waals surface area (Å²) in [6.45, 7) is 2.44. The monoisotopic (exact) mass is 397 g/mol. The van der Waals surface area contributed by atoms with Gasteiger partial charge in [0.25, 0.3) is 0 Å². The van der Waals surface area contributed by atoms with Gasteiger partial charge in [-0.1, -0.05) is 0 Å². The maximum absolute atomic E-state index is 14.1. The molecule has 1 aromatic heterocycles. The molecule has 1 aliphatic heterocycles. The highest BCUT2D eigenvalue weighted by Crippen LogP contribution is 2.34. The summed E-state index contributed by atoms with van der Waals surface area (Å²) in [6.07, 6.45) is 2.74. The standard InChI is InChI=1S/C22H24FN3O3/c1-27-19-5-4-15(8-18(19)23)22-17(11-24-25-22)13-26-7-6-14-9-20(28-2)21(29-3)10-16(14)12-26/h4-5,8-11H,6-7,12-13H2,1-3H3,(H,24,25). The first-order chi connectivity index (χ1) is 14.1. The second kappa shape index (κ2) is 8.13. The Hall–Kier alpha value is -3.06. The third kappa shape index (κ3) is 3.78. The Morgan fingerprint density at radius 3 is 2.41 bits per heavy atom. The minimum atomic E-state index is -0.390. The third-order valence-electron chi connectivity index (χ3n) is 5.35. The van der Waals surface area contributed by atoms with E-state index in [1.165, 1.54) is 24.3 Å². The molecule has 7 heteroatoms. The van der Waals surface area contributed by atoms with Crippen LogP contribution in [0.1, 0.15) is 16.7 Å². The van der Waals surface area contributed by atoms with Crippen molar-refractivity contribution in [2.75, 3.05) is 27.9 Å². The van der Waals surface area contributed by atoms with E-state index in [4.69, 9.17) is 14.2 Å². The average Bonchev–Trinajstić information content (AvgIpc) is 3.20. The van der Waals surface area contributed by atoms with Gasteiger partial charge in [0.2, 0.25) is 0 Å². The van der Waals surface area contributed by atoms with Crippen LogP contribution in [0.3, 0.4) is 0 Å². The Labute approximate surface area is 169 Å². The summed E-state index contributed by atoms with van der Waals surface area (Å²) in [5, 5.41) is 7.20. The predicted octanol–water partition coefficient (Wildman–Crippen LogP) is 3.80. The first-order valence-electron chi connectivity index (χ1n) is 9.45. The summed E-state index contributed by atoms with van der Waals surface area (Å²) in [5.41, 5.74) is 5.11. The van der Waals surface area contributed by atoms with E-state index in [0.29, 0.717) is 6.54 Å². The molecule has 0 unspecified atom stereocenters. The topological polar surface area (TPSA) is 59.6 Å². The van der Waals surface area contributed by atoms with Crippen molar-refractivity contribution in [2.24, 2.45) is 0 Å². The van der Waals surface area contributed by atoms with Gasteiger partial charge in [0.1, 0.15) is 0 Å². The summed E-state index contributed by atoms with van der Waals surface area (Å²) in [7, 11) is 4.76. The molecule has 0 saturated heterocycles. The van der Waals surface area contributed by atoms with E-state index in [1.807, 2.05) is 12.3 Å². The maximum atomic E-state index is 14.1. The molecule has 0 saturated carbocycles. The number of ether oxygens (including phenoxy) is 3. The number of halogens is 1. The fourth-order valence-electron chi connectivity index (χ4n) is 3.82. The van der Waals surface area contributed by atoms with E-state index in [2.05, 4.69) is 27.2 Å². The zero-order valence-electron chi connectivity index (χ0n) is 16.8. The Morgan fingerprint density at radius 1 is 1.00 bits per heavy atom. The maximum Gasteiger partial charge on any atom is 0.165 e. The van der Waals surface area contributed by atoms with Crippen LogP contribution in [0, 0.1) is 5.82 Å². The van der Waals surface area contributed by atoms with Crippen LogP contribution < -0.4 is 14.2 Å². The summed E-state index contributed by atoms with van der Waals surface area (Å²) < 4.78 is 30.0. The lowest BCUT2D eigenvalue weighted by Gasteiger charge is -2.29. The summed E-state index contributed by atoms with van der Waals surface area (Å²) in [4.78, 5) is 2.35. The van der Waals surface area contributed by atoms with Gasteiger partial charge in [-0.2, -0.15) is 5.10 Å². The van der Waals surface area contributed by atoms with Gasteiger partial charge in [-0.15, -0.1) is 0 Å². The molecule has 6 nitrogen and oxygen atoms in total. The van der Waals surface area contributed by atoms with E-state index in [0.717, 1.165) is 47.8 Å². The lowest BCUT2D eigenvalue weighted by molar-refractivity contribution is 0.244. The predicted molar refractivity (Wildman–Crippen MR) is 108 cm³/mol. The number of H-pyrrole nitrogens is 1. The number of nitrogens with one attached hydrogen (secondary N) is 1. The van der Waals surface area contributed by atoms with Crippen molar-refractivity contribution in [3.05, 3.63) is 59.0 Å². The Bertz CT molecular complexity index is 1020. The molecule has 29 heavy (non-hydrogen) atoms. The zero-order chi connectivity index (χ0) is 20.4. The Balaban J connectivity index is 1.55. The molecule has 3 aromatic rings. The van der Waals surface area contributed by atoms with Crippen LogP contribution in [-0.4, -0.2) is 43.0 Å². The number of aromatic amines is 1. The lowest BCUT2D eigenvalue weighted by Crippen LogP contribution is -2.30. The van der Waals surface area contributed by atoms with E-state index >= 15 is 0 Å². The first kappa shape index (κ1) is 19.3. The van der Waals surface area contributed by atoms with Crippen LogP contribution in [0.5, 0.6) is 17.2 Å². The van der Waals surface area contributed by atoms with Crippen LogP contribution in [0.15, 0.2) is 36.5 Å². The molecule has 0 bridgehead atoms. The van der Waals surface area contributed by atoms with Gasteiger partial charge in [-0.05, 0) is 47.9 Å². The van der Waals surface area contributed by atoms with Crippen molar-refractivity contribution in [2.45, 2.75) is 19.5 Å². The number of nitrogens with zero attached hydrogens (tertiary/aromatic N) is 2. The van der Waals surface area contributed by atoms with Crippen molar-refractivity contribution in [1.82, 2.24) is 15.1 Å². The van der Waals surface area contributed by atoms with Crippen molar-refractivity contribution in [3.63, 3.8) is 0 Å². The average molecular weight is 397 g/mol. The van der Waals surface area contributed by atoms with Crippen LogP contribution in [0.2, 0.25) is 0 Å². The molecule has 0 radical (unpaired) electrons. The number of fused-ring (bicyclic) bond motifs is 1. The molecule has 1 N–H and O–H groups in total. The quantitative estimate of drug-likeness (QED) is 0.686. The highest BCUT2D eigenvalue weighted by Gasteiger charge is 2.21. The van der Waals surface area contributed by atoms with Crippen molar-refractivity contribution >= 4 is 0 Å². The number of rotatable bonds is 6. The smallest absolute Gasteiger partial charge is 0.165 e. The van der Waals surface area contributed by atoms with Gasteiger partial charge in [0, 0.05) is 30.8 Å². The molecule has 1 aliphatic rings. The molecule has 0 fully saturated rings. The summed E-state index contributed by atoms with van der Waals surface area (Å²) in [5.74, 6) is 1.34. The summed E-state index contributed by atoms with van der Waals surface area (Å²) >= 11 is 0. The van der Waals surface area contributed by atoms with Gasteiger partial charge in [0.15, 0.2) is 23.1 Å². The van der Waals surface area contributed by atoms with E-state index in [-0.39, 0.29) is 5.75 Å². The lowest BCUT2D eigenvalue weighted by atomic mass is 9.98. The van der Waals surface area contributed by atoms with Crippen molar-refractivity contribution in [1.29, 1.82) is 0 Å². The first-order valence-corrected chi connectivity index (χ1v) is 9.45. The largest absolute Gasteiger partial charge is 0.494 e. The van der Waals surface area contributed by atoms with E-state index < -0.39 is 5.82 Å². The molecule has 0 aliphatic carbocycles. The van der Waals surface area contributed by atoms with E-state index in [1.54, 1.807) is 20.3 Å². The highest BCUT2D eigenvalue weighted by molar-refractivity contribution is 5.63. The molecule has 152 valence electrons. The molecule has 2 heterocycles. The van der Waals surface area contributed by atoms with Crippen LogP contribution in [0.4, 0.5) is 4.39 Å². The number of benzene rings is 2. The normalized spacial score (nSPS) is 13.8. The zero-order valence-corrected chi connectivity index (χ0v) is 16.8. The molecular formula is C22H24FN3O3. The fourth-order valence-corrected chi connectivity index (χ4v) is 3.82. The number of hydrogen-bond acceptors (Lipinski definition) is 5. The third-order valence-corrected chi connectivity index (χ3v) is 5.35. The molecule has 4 rings (SSSR count). The Morgan fingerprint density at radius 2 is 1.72 bits per heavy atom. The van der Waals surface area contributed by atoms with Gasteiger partial charge in [-0.3, -0.25) is 10.00 Å².